The molecule has 2 nitrogen and oxygen atoms in total. The van der Waals surface area contributed by atoms with Crippen molar-refractivity contribution >= 4 is 11.3 Å². The van der Waals surface area contributed by atoms with Crippen molar-refractivity contribution in [2.45, 2.75) is 44.9 Å². The normalized spacial score (nSPS) is 18.5. The van der Waals surface area contributed by atoms with Gasteiger partial charge in [0.2, 0.25) is 0 Å². The summed E-state index contributed by atoms with van der Waals surface area (Å²) in [5, 5.41) is 12.5. The number of rotatable bonds is 3. The second-order valence-electron chi connectivity index (χ2n) is 4.77. The van der Waals surface area contributed by atoms with Crippen LogP contribution in [0.5, 0.6) is 0 Å². The van der Waals surface area contributed by atoms with Crippen molar-refractivity contribution in [2.75, 3.05) is 0 Å². The second-order valence-corrected chi connectivity index (χ2v) is 5.71. The molecule has 1 aromatic rings. The van der Waals surface area contributed by atoms with Crippen molar-refractivity contribution in [2.24, 2.45) is 5.92 Å². The number of thiazole rings is 1. The van der Waals surface area contributed by atoms with Crippen LogP contribution in [0.25, 0.3) is 0 Å². The van der Waals surface area contributed by atoms with Crippen molar-refractivity contribution in [1.82, 2.24) is 4.98 Å². The molecule has 0 spiro atoms. The third kappa shape index (κ3) is 1.91. The molecule has 1 aliphatic rings. The van der Waals surface area contributed by atoms with E-state index in [1.54, 1.807) is 11.3 Å². The molecule has 0 amide bonds. The van der Waals surface area contributed by atoms with E-state index in [4.69, 9.17) is 0 Å². The summed E-state index contributed by atoms with van der Waals surface area (Å²) >= 11 is 1.71. The van der Waals surface area contributed by atoms with E-state index in [0.29, 0.717) is 5.92 Å². The standard InChI is InChI=1S/C12H16N2S/c1-9(2)6-11-14-10(7-15-11)12(8-13)4-3-5-12/h7,9H,3-6H2,1-2H3. The van der Waals surface area contributed by atoms with E-state index in [-0.39, 0.29) is 5.41 Å². The van der Waals surface area contributed by atoms with Gasteiger partial charge in [0.1, 0.15) is 5.41 Å². The van der Waals surface area contributed by atoms with E-state index in [2.05, 4.69) is 30.3 Å². The molecule has 1 aromatic heterocycles. The van der Waals surface area contributed by atoms with Crippen molar-refractivity contribution in [3.63, 3.8) is 0 Å². The Kier molecular flexibility index (Phi) is 2.79. The molecule has 0 unspecified atom stereocenters. The molecule has 0 aromatic carbocycles. The minimum Gasteiger partial charge on any atom is -0.245 e. The van der Waals surface area contributed by atoms with Crippen molar-refractivity contribution in [3.8, 4) is 6.07 Å². The summed E-state index contributed by atoms with van der Waals surface area (Å²) < 4.78 is 0. The summed E-state index contributed by atoms with van der Waals surface area (Å²) in [4.78, 5) is 4.61. The molecule has 2 rings (SSSR count). The van der Waals surface area contributed by atoms with Crippen molar-refractivity contribution in [1.29, 1.82) is 5.26 Å². The van der Waals surface area contributed by atoms with Gasteiger partial charge in [-0.05, 0) is 25.2 Å². The number of nitriles is 1. The summed E-state index contributed by atoms with van der Waals surface area (Å²) in [6, 6.07) is 2.44. The second kappa shape index (κ2) is 3.94. The Labute approximate surface area is 95.0 Å². The Balaban J connectivity index is 2.17. The summed E-state index contributed by atoms with van der Waals surface area (Å²) in [7, 11) is 0. The zero-order chi connectivity index (χ0) is 10.9. The molecule has 80 valence electrons. The lowest BCUT2D eigenvalue weighted by Gasteiger charge is -2.33. The maximum absolute atomic E-state index is 9.20. The van der Waals surface area contributed by atoms with E-state index >= 15 is 0 Å². The Morgan fingerprint density at radius 1 is 1.60 bits per heavy atom. The first-order valence-electron chi connectivity index (χ1n) is 5.52. The molecule has 3 heteroatoms. The van der Waals surface area contributed by atoms with Gasteiger partial charge in [-0.2, -0.15) is 5.26 Å². The molecule has 0 atom stereocenters. The highest BCUT2D eigenvalue weighted by Gasteiger charge is 2.41. The molecule has 1 fully saturated rings. The highest BCUT2D eigenvalue weighted by Crippen LogP contribution is 2.43. The minimum atomic E-state index is -0.230. The average Bonchev–Trinajstić information content (AvgIpc) is 2.51. The van der Waals surface area contributed by atoms with Crippen LogP contribution in [0, 0.1) is 17.2 Å². The van der Waals surface area contributed by atoms with Crippen LogP contribution in [-0.2, 0) is 11.8 Å². The lowest BCUT2D eigenvalue weighted by atomic mass is 9.68. The van der Waals surface area contributed by atoms with Gasteiger partial charge >= 0.3 is 0 Å². The van der Waals surface area contributed by atoms with Gasteiger partial charge in [-0.15, -0.1) is 11.3 Å². The fourth-order valence-corrected chi connectivity index (χ4v) is 3.04. The SMILES string of the molecule is CC(C)Cc1nc(C2(C#N)CCC2)cs1. The number of hydrogen-bond donors (Lipinski definition) is 0. The Morgan fingerprint density at radius 2 is 2.33 bits per heavy atom. The number of hydrogen-bond acceptors (Lipinski definition) is 3. The quantitative estimate of drug-likeness (QED) is 0.783. The Morgan fingerprint density at radius 3 is 2.80 bits per heavy atom. The van der Waals surface area contributed by atoms with Crippen molar-refractivity contribution in [3.05, 3.63) is 16.1 Å². The van der Waals surface area contributed by atoms with E-state index in [1.165, 1.54) is 11.4 Å². The fraction of sp³-hybridized carbons (Fsp3) is 0.667. The van der Waals surface area contributed by atoms with Gasteiger partial charge in [-0.25, -0.2) is 4.98 Å². The molecular formula is C12H16N2S. The zero-order valence-corrected chi connectivity index (χ0v) is 10.1. The van der Waals surface area contributed by atoms with Crippen LogP contribution >= 0.6 is 11.3 Å². The Hall–Kier alpha value is -0.880. The molecule has 1 saturated carbocycles. The molecule has 0 saturated heterocycles. The average molecular weight is 220 g/mol. The topological polar surface area (TPSA) is 36.7 Å². The lowest BCUT2D eigenvalue weighted by Crippen LogP contribution is -2.32. The zero-order valence-electron chi connectivity index (χ0n) is 9.29. The maximum Gasteiger partial charge on any atom is 0.100 e. The molecule has 0 aliphatic heterocycles. The van der Waals surface area contributed by atoms with E-state index < -0.39 is 0 Å². The molecule has 1 heterocycles. The first kappa shape index (κ1) is 10.6. The van der Waals surface area contributed by atoms with Crippen LogP contribution in [-0.4, -0.2) is 4.98 Å². The smallest absolute Gasteiger partial charge is 0.100 e. The van der Waals surface area contributed by atoms with Gasteiger partial charge in [0, 0.05) is 11.8 Å². The van der Waals surface area contributed by atoms with Crippen LogP contribution in [0.4, 0.5) is 0 Å². The number of aromatic nitrogens is 1. The van der Waals surface area contributed by atoms with Crippen LogP contribution in [0.2, 0.25) is 0 Å². The summed E-state index contributed by atoms with van der Waals surface area (Å²) in [5.74, 6) is 0.642. The predicted molar refractivity (Wildman–Crippen MR) is 61.8 cm³/mol. The summed E-state index contributed by atoms with van der Waals surface area (Å²) in [6.45, 7) is 4.40. The molecule has 15 heavy (non-hydrogen) atoms. The van der Waals surface area contributed by atoms with Gasteiger partial charge < -0.3 is 0 Å². The van der Waals surface area contributed by atoms with Gasteiger partial charge in [0.15, 0.2) is 0 Å². The third-order valence-corrected chi connectivity index (χ3v) is 3.92. The first-order valence-corrected chi connectivity index (χ1v) is 6.40. The van der Waals surface area contributed by atoms with Gasteiger partial charge in [0.25, 0.3) is 0 Å². The fourth-order valence-electron chi connectivity index (χ4n) is 1.93. The highest BCUT2D eigenvalue weighted by molar-refractivity contribution is 7.09. The summed E-state index contributed by atoms with van der Waals surface area (Å²) in [6.07, 6.45) is 4.19. The van der Waals surface area contributed by atoms with E-state index in [9.17, 15) is 5.26 Å². The highest BCUT2D eigenvalue weighted by atomic mass is 32.1. The monoisotopic (exact) mass is 220 g/mol. The third-order valence-electron chi connectivity index (χ3n) is 3.05. The molecular weight excluding hydrogens is 204 g/mol. The lowest BCUT2D eigenvalue weighted by molar-refractivity contribution is 0.317. The van der Waals surface area contributed by atoms with E-state index in [0.717, 1.165) is 25.0 Å². The number of nitrogens with zero attached hydrogens (tertiary/aromatic N) is 2. The first-order chi connectivity index (χ1) is 7.16. The van der Waals surface area contributed by atoms with Gasteiger partial charge in [-0.1, -0.05) is 13.8 Å². The maximum atomic E-state index is 9.20. The van der Waals surface area contributed by atoms with Gasteiger partial charge in [0.05, 0.1) is 16.8 Å². The van der Waals surface area contributed by atoms with Crippen LogP contribution in [0.15, 0.2) is 5.38 Å². The Bertz CT molecular complexity index is 383. The summed E-state index contributed by atoms with van der Waals surface area (Å²) in [5.41, 5.74) is 0.794. The molecule has 1 aliphatic carbocycles. The predicted octanol–water partition coefficient (Wildman–Crippen LogP) is 3.29. The molecule has 0 bridgehead atoms. The van der Waals surface area contributed by atoms with Crippen LogP contribution < -0.4 is 0 Å². The van der Waals surface area contributed by atoms with Crippen molar-refractivity contribution < 1.29 is 0 Å². The van der Waals surface area contributed by atoms with Gasteiger partial charge in [-0.3, -0.25) is 0 Å². The van der Waals surface area contributed by atoms with E-state index in [1.807, 2.05) is 0 Å². The molecule has 0 radical (unpaired) electrons. The minimum absolute atomic E-state index is 0.230. The van der Waals surface area contributed by atoms with Crippen LogP contribution in [0.3, 0.4) is 0 Å². The largest absolute Gasteiger partial charge is 0.245 e. The molecule has 0 N–H and O–H groups in total. The van der Waals surface area contributed by atoms with Crippen LogP contribution in [0.1, 0.15) is 43.8 Å².